The van der Waals surface area contributed by atoms with Gasteiger partial charge in [0.1, 0.15) is 0 Å². The number of aromatic nitrogens is 1. The average Bonchev–Trinajstić information content (AvgIpc) is 2.95. The minimum Gasteiger partial charge on any atom is -0.462 e. The molecular formula is C22H23NO3. The van der Waals surface area contributed by atoms with E-state index in [0.29, 0.717) is 23.7 Å². The van der Waals surface area contributed by atoms with E-state index in [1.165, 1.54) is 0 Å². The summed E-state index contributed by atoms with van der Waals surface area (Å²) in [5.74, 6) is -0.126. The van der Waals surface area contributed by atoms with E-state index in [4.69, 9.17) is 4.74 Å². The summed E-state index contributed by atoms with van der Waals surface area (Å²) in [6, 6.07) is 15.9. The summed E-state index contributed by atoms with van der Waals surface area (Å²) in [5.41, 5.74) is 3.77. The number of ether oxygens (including phenoxy) is 1. The van der Waals surface area contributed by atoms with Crippen molar-refractivity contribution in [3.8, 4) is 0 Å². The van der Waals surface area contributed by atoms with Crippen molar-refractivity contribution in [2.45, 2.75) is 33.2 Å². The molecule has 26 heavy (non-hydrogen) atoms. The number of fused-ring (bicyclic) bond motifs is 1. The van der Waals surface area contributed by atoms with Crippen molar-refractivity contribution in [3.63, 3.8) is 0 Å². The molecule has 0 radical (unpaired) electrons. The van der Waals surface area contributed by atoms with Crippen molar-refractivity contribution >= 4 is 23.2 Å². The van der Waals surface area contributed by atoms with E-state index in [9.17, 15) is 9.59 Å². The third-order valence-electron chi connectivity index (χ3n) is 4.57. The van der Waals surface area contributed by atoms with Gasteiger partial charge in [-0.05, 0) is 36.1 Å². The van der Waals surface area contributed by atoms with Gasteiger partial charge in [-0.25, -0.2) is 4.79 Å². The van der Waals surface area contributed by atoms with Crippen LogP contribution in [0.1, 0.15) is 58.7 Å². The van der Waals surface area contributed by atoms with E-state index in [0.717, 1.165) is 28.3 Å². The first-order valence-electron chi connectivity index (χ1n) is 8.89. The lowest BCUT2D eigenvalue weighted by atomic mass is 10.00. The molecule has 0 N–H and O–H groups in total. The molecule has 1 aromatic heterocycles. The summed E-state index contributed by atoms with van der Waals surface area (Å²) in [5, 5.41) is 0.771. The highest BCUT2D eigenvalue weighted by Crippen LogP contribution is 2.30. The Morgan fingerprint density at radius 2 is 1.88 bits per heavy atom. The number of esters is 1. The Morgan fingerprint density at radius 3 is 2.50 bits per heavy atom. The van der Waals surface area contributed by atoms with Crippen molar-refractivity contribution in [3.05, 3.63) is 70.9 Å². The van der Waals surface area contributed by atoms with Gasteiger partial charge in [0.25, 0.3) is 0 Å². The van der Waals surface area contributed by atoms with Crippen LogP contribution in [0, 0.1) is 0 Å². The molecule has 1 heterocycles. The Bertz CT molecular complexity index is 939. The molecule has 0 aliphatic carbocycles. The van der Waals surface area contributed by atoms with Crippen LogP contribution < -0.4 is 0 Å². The second-order valence-electron chi connectivity index (χ2n) is 6.60. The fourth-order valence-corrected chi connectivity index (χ4v) is 3.23. The molecule has 0 amide bonds. The first-order valence-corrected chi connectivity index (χ1v) is 8.89. The van der Waals surface area contributed by atoms with E-state index >= 15 is 0 Å². The molecule has 0 fully saturated rings. The molecule has 0 spiro atoms. The molecule has 4 heteroatoms. The minimum absolute atomic E-state index is 0.270. The lowest BCUT2D eigenvalue weighted by Crippen LogP contribution is -2.10. The van der Waals surface area contributed by atoms with Gasteiger partial charge in [0.2, 0.25) is 0 Å². The van der Waals surface area contributed by atoms with Crippen molar-refractivity contribution in [2.75, 3.05) is 6.61 Å². The molecule has 0 aliphatic heterocycles. The van der Waals surface area contributed by atoms with Crippen molar-refractivity contribution < 1.29 is 14.3 Å². The summed E-state index contributed by atoms with van der Waals surface area (Å²) < 4.78 is 7.13. The number of carbonyl (C=O) groups is 2. The zero-order chi connectivity index (χ0) is 18.7. The van der Waals surface area contributed by atoms with Gasteiger partial charge in [0.15, 0.2) is 6.29 Å². The molecule has 0 aliphatic rings. The Hall–Kier alpha value is -2.88. The zero-order valence-corrected chi connectivity index (χ0v) is 15.4. The van der Waals surface area contributed by atoms with Crippen LogP contribution in [0.4, 0.5) is 0 Å². The number of hydrogen-bond donors (Lipinski definition) is 0. The van der Waals surface area contributed by atoms with Gasteiger partial charge in [0, 0.05) is 17.4 Å². The van der Waals surface area contributed by atoms with Crippen LogP contribution in [0.5, 0.6) is 0 Å². The van der Waals surface area contributed by atoms with Gasteiger partial charge < -0.3 is 9.30 Å². The standard InChI is InChI=1S/C22H23NO3/c1-4-26-22(25)21-18-12-17(15(2)3)10-11-19(18)23(20(21)14-24)13-16-8-6-5-7-9-16/h5-12,14-15H,4,13H2,1-3H3. The molecular weight excluding hydrogens is 326 g/mol. The highest BCUT2D eigenvalue weighted by molar-refractivity contribution is 6.10. The lowest BCUT2D eigenvalue weighted by Gasteiger charge is -2.09. The number of hydrogen-bond acceptors (Lipinski definition) is 3. The molecule has 4 nitrogen and oxygen atoms in total. The van der Waals surface area contributed by atoms with Crippen LogP contribution in [0.15, 0.2) is 48.5 Å². The van der Waals surface area contributed by atoms with Crippen LogP contribution >= 0.6 is 0 Å². The smallest absolute Gasteiger partial charge is 0.341 e. The van der Waals surface area contributed by atoms with Crippen LogP contribution in [0.3, 0.4) is 0 Å². The Labute approximate surface area is 153 Å². The largest absolute Gasteiger partial charge is 0.462 e. The lowest BCUT2D eigenvalue weighted by molar-refractivity contribution is 0.0526. The number of rotatable bonds is 6. The maximum absolute atomic E-state index is 12.6. The van der Waals surface area contributed by atoms with Gasteiger partial charge in [0.05, 0.1) is 17.9 Å². The van der Waals surface area contributed by atoms with Crippen LogP contribution in [0.25, 0.3) is 10.9 Å². The van der Waals surface area contributed by atoms with Crippen molar-refractivity contribution in [1.82, 2.24) is 4.57 Å². The molecule has 134 valence electrons. The fourth-order valence-electron chi connectivity index (χ4n) is 3.23. The minimum atomic E-state index is -0.452. The van der Waals surface area contributed by atoms with Crippen LogP contribution in [0.2, 0.25) is 0 Å². The van der Waals surface area contributed by atoms with Gasteiger partial charge in [-0.3, -0.25) is 4.79 Å². The highest BCUT2D eigenvalue weighted by atomic mass is 16.5. The molecule has 0 atom stereocenters. The summed E-state index contributed by atoms with van der Waals surface area (Å²) in [6.07, 6.45) is 0.754. The molecule has 3 aromatic rings. The van der Waals surface area contributed by atoms with Crippen molar-refractivity contribution in [2.24, 2.45) is 0 Å². The predicted octanol–water partition coefficient (Wildman–Crippen LogP) is 4.80. The predicted molar refractivity (Wildman–Crippen MR) is 103 cm³/mol. The number of carbonyl (C=O) groups excluding carboxylic acids is 2. The maximum Gasteiger partial charge on any atom is 0.341 e. The fraction of sp³-hybridized carbons (Fsp3) is 0.273. The zero-order valence-electron chi connectivity index (χ0n) is 15.4. The molecule has 0 saturated heterocycles. The van der Waals surface area contributed by atoms with E-state index in [-0.39, 0.29) is 6.61 Å². The summed E-state index contributed by atoms with van der Waals surface area (Å²) >= 11 is 0. The van der Waals surface area contributed by atoms with Crippen LogP contribution in [-0.2, 0) is 11.3 Å². The van der Waals surface area contributed by atoms with Crippen molar-refractivity contribution in [1.29, 1.82) is 0 Å². The summed E-state index contributed by atoms with van der Waals surface area (Å²) in [6.45, 7) is 6.76. The second-order valence-corrected chi connectivity index (χ2v) is 6.60. The third-order valence-corrected chi connectivity index (χ3v) is 4.57. The third kappa shape index (κ3) is 3.27. The monoisotopic (exact) mass is 349 g/mol. The number of aldehydes is 1. The number of nitrogens with zero attached hydrogens (tertiary/aromatic N) is 1. The number of benzene rings is 2. The Balaban J connectivity index is 2.25. The first-order chi connectivity index (χ1) is 12.6. The maximum atomic E-state index is 12.6. The second kappa shape index (κ2) is 7.56. The SMILES string of the molecule is CCOC(=O)c1c(C=O)n(Cc2ccccc2)c2ccc(C(C)C)cc12. The highest BCUT2D eigenvalue weighted by Gasteiger charge is 2.24. The van der Waals surface area contributed by atoms with E-state index in [2.05, 4.69) is 19.9 Å². The normalized spacial score (nSPS) is 11.1. The van der Waals surface area contributed by atoms with Gasteiger partial charge in [-0.2, -0.15) is 0 Å². The Kier molecular flexibility index (Phi) is 5.21. The molecule has 3 rings (SSSR count). The van der Waals surface area contributed by atoms with E-state index in [1.807, 2.05) is 47.0 Å². The Morgan fingerprint density at radius 1 is 1.15 bits per heavy atom. The summed E-state index contributed by atoms with van der Waals surface area (Å²) in [7, 11) is 0. The quantitative estimate of drug-likeness (QED) is 0.474. The first kappa shape index (κ1) is 17.9. The molecule has 2 aromatic carbocycles. The van der Waals surface area contributed by atoms with Gasteiger partial charge >= 0.3 is 5.97 Å². The molecule has 0 saturated carbocycles. The van der Waals surface area contributed by atoms with E-state index in [1.54, 1.807) is 6.92 Å². The van der Waals surface area contributed by atoms with Crippen LogP contribution in [-0.4, -0.2) is 23.4 Å². The molecule has 0 bridgehead atoms. The van der Waals surface area contributed by atoms with E-state index < -0.39 is 5.97 Å². The topological polar surface area (TPSA) is 48.3 Å². The van der Waals surface area contributed by atoms with Gasteiger partial charge in [-0.15, -0.1) is 0 Å². The average molecular weight is 349 g/mol. The summed E-state index contributed by atoms with van der Waals surface area (Å²) in [4.78, 5) is 24.5. The molecule has 0 unspecified atom stereocenters. The van der Waals surface area contributed by atoms with Gasteiger partial charge in [-0.1, -0.05) is 50.2 Å².